The van der Waals surface area contributed by atoms with E-state index in [4.69, 9.17) is 21.4 Å². The molecular formula is C39H49ClF4N4O6. The van der Waals surface area contributed by atoms with Crippen LogP contribution in [0.25, 0.3) is 11.1 Å². The Kier molecular flexibility index (Phi) is 16.4. The molecule has 0 aliphatic carbocycles. The molecule has 3 aliphatic heterocycles. The summed E-state index contributed by atoms with van der Waals surface area (Å²) in [5.41, 5.74) is 2.17. The molecule has 2 aromatic carbocycles. The number of aldehydes is 1. The summed E-state index contributed by atoms with van der Waals surface area (Å²) in [5.74, 6) is -2.22. The molecular weight excluding hydrogens is 732 g/mol. The summed E-state index contributed by atoms with van der Waals surface area (Å²) < 4.78 is 60.5. The second kappa shape index (κ2) is 20.0. The van der Waals surface area contributed by atoms with Crippen molar-refractivity contribution in [3.8, 4) is 11.1 Å². The maximum absolute atomic E-state index is 14.6. The van der Waals surface area contributed by atoms with E-state index in [0.717, 1.165) is 53.9 Å². The van der Waals surface area contributed by atoms with E-state index < -0.39 is 40.9 Å². The minimum absolute atomic E-state index is 0.158. The van der Waals surface area contributed by atoms with Gasteiger partial charge in [-0.05, 0) is 98.5 Å². The molecule has 3 aromatic rings. The number of nitrogens with zero attached hydrogens (tertiary/aromatic N) is 2. The van der Waals surface area contributed by atoms with Crippen LogP contribution in [0.3, 0.4) is 0 Å². The minimum atomic E-state index is -4.71. The fourth-order valence-corrected chi connectivity index (χ4v) is 6.96. The number of carboxylic acid groups (broad SMARTS) is 1. The highest BCUT2D eigenvalue weighted by Crippen LogP contribution is 2.35. The molecule has 0 radical (unpaired) electrons. The van der Waals surface area contributed by atoms with Crippen molar-refractivity contribution in [3.63, 3.8) is 0 Å². The first-order valence-corrected chi connectivity index (χ1v) is 18.2. The number of carbonyl (C=O) groups excluding carboxylic acids is 2. The van der Waals surface area contributed by atoms with Crippen LogP contribution in [0.1, 0.15) is 83.9 Å². The van der Waals surface area contributed by atoms with Gasteiger partial charge in [-0.25, -0.2) is 4.39 Å². The topological polar surface area (TPSA) is 130 Å². The smallest absolute Gasteiger partial charge is 0.431 e. The van der Waals surface area contributed by atoms with E-state index in [1.807, 2.05) is 26.0 Å². The number of alkyl halides is 3. The number of pyridine rings is 1. The number of fused-ring (bicyclic) bond motifs is 2. The van der Waals surface area contributed by atoms with Crippen molar-refractivity contribution in [1.82, 2.24) is 20.1 Å². The number of aromatic nitrogens is 1. The molecule has 3 aliphatic rings. The Morgan fingerprint density at radius 1 is 1.04 bits per heavy atom. The second-order valence-corrected chi connectivity index (χ2v) is 13.9. The van der Waals surface area contributed by atoms with Crippen molar-refractivity contribution in [1.29, 1.82) is 0 Å². The van der Waals surface area contributed by atoms with Crippen LogP contribution < -0.4 is 16.2 Å². The Hall–Kier alpha value is -4.11. The molecule has 6 rings (SSSR count). The number of ether oxygens (including phenoxy) is 1. The summed E-state index contributed by atoms with van der Waals surface area (Å²) in [6.07, 6.45) is -1.47. The normalized spacial score (nSPS) is 16.9. The molecule has 15 heteroatoms. The van der Waals surface area contributed by atoms with Gasteiger partial charge >= 0.3 is 12.1 Å². The summed E-state index contributed by atoms with van der Waals surface area (Å²) in [6, 6.07) is 8.24. The molecule has 296 valence electrons. The summed E-state index contributed by atoms with van der Waals surface area (Å²) in [6.45, 7) is 11.4. The summed E-state index contributed by atoms with van der Waals surface area (Å²) in [4.78, 5) is 47.9. The average Bonchev–Trinajstić information content (AvgIpc) is 3.07. The lowest BCUT2D eigenvalue weighted by molar-refractivity contribution is -0.180. The largest absolute Gasteiger partial charge is 0.481 e. The van der Waals surface area contributed by atoms with E-state index in [1.165, 1.54) is 6.42 Å². The van der Waals surface area contributed by atoms with Crippen molar-refractivity contribution in [2.45, 2.75) is 91.3 Å². The number of amides is 1. The van der Waals surface area contributed by atoms with Crippen molar-refractivity contribution < 1.29 is 41.8 Å². The quantitative estimate of drug-likeness (QED) is 0.134. The molecule has 54 heavy (non-hydrogen) atoms. The van der Waals surface area contributed by atoms with Gasteiger partial charge in [-0.15, -0.1) is 0 Å². The van der Waals surface area contributed by atoms with Gasteiger partial charge in [0.15, 0.2) is 0 Å². The molecule has 2 bridgehead atoms. The van der Waals surface area contributed by atoms with E-state index in [0.29, 0.717) is 40.0 Å². The number of piperidine rings is 1. The highest BCUT2D eigenvalue weighted by atomic mass is 35.5. The number of morpholine rings is 1. The lowest BCUT2D eigenvalue weighted by Gasteiger charge is -2.47. The monoisotopic (exact) mass is 780 g/mol. The van der Waals surface area contributed by atoms with Gasteiger partial charge in [0.1, 0.15) is 23.4 Å². The Bertz CT molecular complexity index is 1810. The number of carboxylic acids is 1. The molecule has 1 amide bonds. The van der Waals surface area contributed by atoms with Crippen LogP contribution in [0.4, 0.5) is 17.6 Å². The standard InChI is InChI=1S/C19H21ClFNO2.C17H20F3N3O4.C3H8/c1-10-6-14(20)7-11(2)18(10)13-5-12(3)19(21)15(8-13)16(22-4)9-17(23)24;18-17(19,20)14-3-2-13(15(25)21-4-7-24)16(26)23(14)6-1-5-22-9-11-8-12(10-22)27-11;1-3-2/h5-8,16,22H,9H2,1-4H3,(H,23,24);2-3,7,11-12H,1,4-6,8-10H2,(H,21,25);3H2,1-2H3. The average molecular weight is 781 g/mol. The van der Waals surface area contributed by atoms with Crippen LogP contribution in [-0.4, -0.2) is 78.2 Å². The second-order valence-electron chi connectivity index (χ2n) is 13.4. The van der Waals surface area contributed by atoms with Gasteiger partial charge in [-0.1, -0.05) is 31.9 Å². The van der Waals surface area contributed by atoms with E-state index in [2.05, 4.69) is 29.4 Å². The predicted octanol–water partition coefficient (Wildman–Crippen LogP) is 6.88. The molecule has 3 N–H and O–H groups in total. The molecule has 3 fully saturated rings. The van der Waals surface area contributed by atoms with E-state index in [-0.39, 0.29) is 37.5 Å². The van der Waals surface area contributed by atoms with E-state index in [1.54, 1.807) is 26.1 Å². The SMILES string of the molecule is CCC.CNC(CC(=O)O)c1cc(-c2c(C)cc(Cl)cc2C)cc(C)c1F.O=CCNC(=O)c1ccc(C(F)(F)F)n(CCCN2CC3CC(C2)O3)c1=O. The number of halogens is 5. The number of aliphatic carboxylic acids is 1. The summed E-state index contributed by atoms with van der Waals surface area (Å²) in [7, 11) is 1.63. The van der Waals surface area contributed by atoms with Crippen molar-refractivity contribution in [2.75, 3.05) is 33.2 Å². The molecule has 3 saturated heterocycles. The fraction of sp³-hybridized carbons (Fsp3) is 0.487. The van der Waals surface area contributed by atoms with Gasteiger partial charge in [0.2, 0.25) is 0 Å². The van der Waals surface area contributed by atoms with Gasteiger partial charge < -0.3 is 29.8 Å². The number of hydrogen-bond acceptors (Lipinski definition) is 7. The van der Waals surface area contributed by atoms with Gasteiger partial charge in [0.25, 0.3) is 11.5 Å². The third-order valence-electron chi connectivity index (χ3n) is 8.92. The number of rotatable bonds is 12. The zero-order valence-corrected chi connectivity index (χ0v) is 32.2. The Morgan fingerprint density at radius 2 is 1.63 bits per heavy atom. The number of benzene rings is 2. The van der Waals surface area contributed by atoms with Crippen LogP contribution in [0.2, 0.25) is 5.02 Å². The Labute approximate surface area is 317 Å². The lowest BCUT2D eigenvalue weighted by Crippen LogP contribution is -2.57. The molecule has 0 saturated carbocycles. The number of nitrogens with one attached hydrogen (secondary N) is 2. The fourth-order valence-electron chi connectivity index (χ4n) is 6.63. The van der Waals surface area contributed by atoms with E-state index in [9.17, 15) is 36.7 Å². The van der Waals surface area contributed by atoms with Crippen LogP contribution in [-0.2, 0) is 27.0 Å². The van der Waals surface area contributed by atoms with Crippen LogP contribution in [0, 0.1) is 26.6 Å². The number of hydrogen-bond donors (Lipinski definition) is 3. The minimum Gasteiger partial charge on any atom is -0.481 e. The van der Waals surface area contributed by atoms with E-state index >= 15 is 0 Å². The van der Waals surface area contributed by atoms with Crippen molar-refractivity contribution in [3.05, 3.63) is 91.1 Å². The zero-order valence-electron chi connectivity index (χ0n) is 31.4. The molecule has 10 nitrogen and oxygen atoms in total. The first-order valence-electron chi connectivity index (χ1n) is 17.8. The van der Waals surface area contributed by atoms with Crippen LogP contribution in [0.5, 0.6) is 0 Å². The van der Waals surface area contributed by atoms with Gasteiger partial charge in [-0.3, -0.25) is 19.3 Å². The van der Waals surface area contributed by atoms with Crippen LogP contribution in [0.15, 0.2) is 41.2 Å². The first kappa shape index (κ1) is 44.3. The molecule has 0 spiro atoms. The van der Waals surface area contributed by atoms with Gasteiger partial charge in [0.05, 0.1) is 25.2 Å². The van der Waals surface area contributed by atoms with Crippen LogP contribution >= 0.6 is 11.6 Å². The number of aryl methyl sites for hydroxylation is 3. The summed E-state index contributed by atoms with van der Waals surface area (Å²) >= 11 is 6.09. The van der Waals surface area contributed by atoms with Crippen molar-refractivity contribution in [2.24, 2.45) is 0 Å². The van der Waals surface area contributed by atoms with Gasteiger partial charge in [-0.2, -0.15) is 13.2 Å². The highest BCUT2D eigenvalue weighted by Gasteiger charge is 2.38. The summed E-state index contributed by atoms with van der Waals surface area (Å²) in [5, 5.41) is 14.8. The third-order valence-corrected chi connectivity index (χ3v) is 9.14. The lowest BCUT2D eigenvalue weighted by atomic mass is 9.90. The maximum atomic E-state index is 14.6. The Balaban J connectivity index is 0.000000273. The van der Waals surface area contributed by atoms with Crippen molar-refractivity contribution >= 4 is 29.8 Å². The molecule has 1 aromatic heterocycles. The molecule has 3 atom stereocenters. The first-order chi connectivity index (χ1) is 25.4. The third kappa shape index (κ3) is 11.7. The highest BCUT2D eigenvalue weighted by molar-refractivity contribution is 6.30. The van der Waals surface area contributed by atoms with Gasteiger partial charge in [0, 0.05) is 49.2 Å². The molecule has 3 unspecified atom stereocenters. The molecule has 4 heterocycles. The number of carbonyl (C=O) groups is 3. The maximum Gasteiger partial charge on any atom is 0.431 e. The Morgan fingerprint density at radius 3 is 2.15 bits per heavy atom. The predicted molar refractivity (Wildman–Crippen MR) is 200 cm³/mol. The zero-order chi connectivity index (χ0) is 40.3.